The lowest BCUT2D eigenvalue weighted by atomic mass is 10.0. The molecule has 1 N–H and O–H groups in total. The van der Waals surface area contributed by atoms with Crippen LogP contribution in [-0.4, -0.2) is 21.8 Å². The molecule has 1 aromatic carbocycles. The lowest BCUT2D eigenvalue weighted by Crippen LogP contribution is -2.15. The van der Waals surface area contributed by atoms with Gasteiger partial charge in [-0.15, -0.1) is 0 Å². The van der Waals surface area contributed by atoms with Gasteiger partial charge in [-0.3, -0.25) is 19.7 Å². The van der Waals surface area contributed by atoms with Crippen molar-refractivity contribution in [1.82, 2.24) is 0 Å². The molecular formula is C10H6F3NO5. The van der Waals surface area contributed by atoms with Crippen molar-refractivity contribution in [2.45, 2.75) is 13.3 Å². The maximum atomic E-state index is 13.6. The summed E-state index contributed by atoms with van der Waals surface area (Å²) in [5, 5.41) is 19.0. The predicted molar refractivity (Wildman–Crippen MR) is 54.3 cm³/mol. The number of carbonyl (C=O) groups is 2. The summed E-state index contributed by atoms with van der Waals surface area (Å²) in [6.45, 7) is 0.773. The number of rotatable bonds is 4. The maximum absolute atomic E-state index is 13.6. The molecule has 0 heterocycles. The summed E-state index contributed by atoms with van der Waals surface area (Å²) < 4.78 is 40.2. The molecule has 0 radical (unpaired) electrons. The standard InChI is InChI=1S/C10H6F3NO5/c1-3-7(11)6(4(15)2-5(16)17)10(14(18)19)9(13)8(3)12/h2H2,1H3,(H,16,17). The number of carbonyl (C=O) groups excluding carboxylic acids is 1. The molecule has 0 unspecified atom stereocenters. The Balaban J connectivity index is 3.66. The van der Waals surface area contributed by atoms with Crippen LogP contribution in [0.1, 0.15) is 22.3 Å². The number of halogens is 3. The number of aliphatic carboxylic acids is 1. The Labute approximate surface area is 103 Å². The van der Waals surface area contributed by atoms with Crippen molar-refractivity contribution in [3.63, 3.8) is 0 Å². The number of nitrogens with zero attached hydrogens (tertiary/aromatic N) is 1. The van der Waals surface area contributed by atoms with Gasteiger partial charge >= 0.3 is 11.7 Å². The Bertz CT molecular complexity index is 600. The van der Waals surface area contributed by atoms with Gasteiger partial charge in [0.2, 0.25) is 5.82 Å². The van der Waals surface area contributed by atoms with E-state index in [0.717, 1.165) is 6.92 Å². The van der Waals surface area contributed by atoms with Crippen LogP contribution in [0.4, 0.5) is 18.9 Å². The minimum Gasteiger partial charge on any atom is -0.481 e. The third kappa shape index (κ3) is 2.54. The molecule has 19 heavy (non-hydrogen) atoms. The number of benzene rings is 1. The molecule has 0 spiro atoms. The number of nitro benzene ring substituents is 1. The first-order valence-corrected chi connectivity index (χ1v) is 4.74. The highest BCUT2D eigenvalue weighted by atomic mass is 19.2. The molecule has 0 fully saturated rings. The Kier molecular flexibility index (Phi) is 3.88. The second-order valence-electron chi connectivity index (χ2n) is 3.54. The van der Waals surface area contributed by atoms with Crippen LogP contribution in [0.3, 0.4) is 0 Å². The second kappa shape index (κ2) is 5.04. The Morgan fingerprint density at radius 3 is 2.16 bits per heavy atom. The van der Waals surface area contributed by atoms with Crippen molar-refractivity contribution in [2.75, 3.05) is 0 Å². The van der Waals surface area contributed by atoms with Gasteiger partial charge in [0.15, 0.2) is 11.6 Å². The van der Waals surface area contributed by atoms with Crippen molar-refractivity contribution >= 4 is 17.4 Å². The van der Waals surface area contributed by atoms with E-state index in [0.29, 0.717) is 0 Å². The molecule has 0 aliphatic rings. The van der Waals surface area contributed by atoms with Gasteiger partial charge in [0, 0.05) is 5.56 Å². The van der Waals surface area contributed by atoms with E-state index in [1.165, 1.54) is 0 Å². The van der Waals surface area contributed by atoms with Gasteiger partial charge in [0.05, 0.1) is 4.92 Å². The molecule has 102 valence electrons. The number of hydrogen-bond acceptors (Lipinski definition) is 4. The monoisotopic (exact) mass is 277 g/mol. The fraction of sp³-hybridized carbons (Fsp3) is 0.200. The first-order valence-electron chi connectivity index (χ1n) is 4.74. The summed E-state index contributed by atoms with van der Waals surface area (Å²) >= 11 is 0. The summed E-state index contributed by atoms with van der Waals surface area (Å²) in [5.41, 5.74) is -4.01. The van der Waals surface area contributed by atoms with E-state index < -0.39 is 57.4 Å². The molecule has 6 nitrogen and oxygen atoms in total. The van der Waals surface area contributed by atoms with E-state index in [2.05, 4.69) is 0 Å². The summed E-state index contributed by atoms with van der Waals surface area (Å²) in [6, 6.07) is 0. The number of carboxylic acid groups (broad SMARTS) is 1. The van der Waals surface area contributed by atoms with E-state index >= 15 is 0 Å². The highest BCUT2D eigenvalue weighted by Crippen LogP contribution is 2.31. The topological polar surface area (TPSA) is 97.5 Å². The summed E-state index contributed by atoms with van der Waals surface area (Å²) in [7, 11) is 0. The number of ketones is 1. The van der Waals surface area contributed by atoms with Gasteiger partial charge in [-0.05, 0) is 6.92 Å². The number of Topliss-reactive ketones (excluding diaryl/α,β-unsaturated/α-hetero) is 1. The SMILES string of the molecule is Cc1c(F)c(F)c([N+](=O)[O-])c(C(=O)CC(=O)O)c1F. The Hall–Kier alpha value is -2.45. The molecule has 0 aromatic heterocycles. The van der Waals surface area contributed by atoms with Gasteiger partial charge in [-0.25, -0.2) is 8.78 Å². The average molecular weight is 277 g/mol. The molecule has 0 aliphatic heterocycles. The smallest absolute Gasteiger partial charge is 0.321 e. The third-order valence-corrected chi connectivity index (χ3v) is 2.29. The molecule has 1 rings (SSSR count). The zero-order valence-electron chi connectivity index (χ0n) is 9.37. The van der Waals surface area contributed by atoms with Crippen molar-refractivity contribution in [1.29, 1.82) is 0 Å². The minimum absolute atomic E-state index is 0.773. The molecule has 9 heteroatoms. The number of hydrogen-bond donors (Lipinski definition) is 1. The third-order valence-electron chi connectivity index (χ3n) is 2.29. The molecular weight excluding hydrogens is 271 g/mol. The van der Waals surface area contributed by atoms with Gasteiger partial charge in [0.25, 0.3) is 0 Å². The van der Waals surface area contributed by atoms with Crippen molar-refractivity contribution in [3.8, 4) is 0 Å². The maximum Gasteiger partial charge on any atom is 0.321 e. The molecule has 0 bridgehead atoms. The van der Waals surface area contributed by atoms with E-state index in [1.807, 2.05) is 0 Å². The van der Waals surface area contributed by atoms with Crippen LogP contribution in [0.2, 0.25) is 0 Å². The highest BCUT2D eigenvalue weighted by molar-refractivity contribution is 6.08. The van der Waals surface area contributed by atoms with Crippen LogP contribution in [-0.2, 0) is 4.79 Å². The summed E-state index contributed by atoms with van der Waals surface area (Å²) in [5.74, 6) is -8.63. The molecule has 0 saturated heterocycles. The van der Waals surface area contributed by atoms with Crippen LogP contribution in [0.25, 0.3) is 0 Å². The second-order valence-corrected chi connectivity index (χ2v) is 3.54. The lowest BCUT2D eigenvalue weighted by molar-refractivity contribution is -0.388. The van der Waals surface area contributed by atoms with E-state index in [1.54, 1.807) is 0 Å². The average Bonchev–Trinajstić information content (AvgIpc) is 2.29. The molecule has 0 saturated carbocycles. The van der Waals surface area contributed by atoms with E-state index in [4.69, 9.17) is 5.11 Å². The zero-order valence-corrected chi connectivity index (χ0v) is 9.37. The Morgan fingerprint density at radius 2 is 1.74 bits per heavy atom. The number of carboxylic acids is 1. The fourth-order valence-corrected chi connectivity index (χ4v) is 1.42. The first kappa shape index (κ1) is 14.6. The van der Waals surface area contributed by atoms with E-state index in [-0.39, 0.29) is 0 Å². The molecule has 1 aromatic rings. The van der Waals surface area contributed by atoms with Gasteiger partial charge < -0.3 is 5.11 Å². The first-order chi connectivity index (χ1) is 8.68. The quantitative estimate of drug-likeness (QED) is 0.298. The molecule has 0 aliphatic carbocycles. The highest BCUT2D eigenvalue weighted by Gasteiger charge is 2.35. The van der Waals surface area contributed by atoms with Gasteiger partial charge in [-0.1, -0.05) is 0 Å². The molecule has 0 amide bonds. The van der Waals surface area contributed by atoms with Gasteiger partial charge in [0.1, 0.15) is 17.8 Å². The Morgan fingerprint density at radius 1 is 1.21 bits per heavy atom. The number of nitro groups is 1. The van der Waals surface area contributed by atoms with Crippen LogP contribution >= 0.6 is 0 Å². The lowest BCUT2D eigenvalue weighted by Gasteiger charge is -2.07. The van der Waals surface area contributed by atoms with Crippen LogP contribution in [0, 0.1) is 34.5 Å². The normalized spacial score (nSPS) is 10.3. The minimum atomic E-state index is -2.00. The van der Waals surface area contributed by atoms with Crippen molar-refractivity contribution < 1.29 is 32.8 Å². The van der Waals surface area contributed by atoms with Crippen LogP contribution < -0.4 is 0 Å². The molecule has 0 atom stereocenters. The van der Waals surface area contributed by atoms with Crippen LogP contribution in [0.15, 0.2) is 0 Å². The van der Waals surface area contributed by atoms with Crippen LogP contribution in [0.5, 0.6) is 0 Å². The van der Waals surface area contributed by atoms with Crippen molar-refractivity contribution in [3.05, 3.63) is 38.7 Å². The van der Waals surface area contributed by atoms with Crippen molar-refractivity contribution in [2.24, 2.45) is 0 Å². The zero-order chi connectivity index (χ0) is 14.9. The predicted octanol–water partition coefficient (Wildman–Crippen LogP) is 1.98. The largest absolute Gasteiger partial charge is 0.481 e. The van der Waals surface area contributed by atoms with E-state index in [9.17, 15) is 32.9 Å². The summed E-state index contributed by atoms with van der Waals surface area (Å²) in [6.07, 6.45) is -1.28. The fourth-order valence-electron chi connectivity index (χ4n) is 1.42. The van der Waals surface area contributed by atoms with Gasteiger partial charge in [-0.2, -0.15) is 4.39 Å². The summed E-state index contributed by atoms with van der Waals surface area (Å²) in [4.78, 5) is 30.8.